The summed E-state index contributed by atoms with van der Waals surface area (Å²) < 4.78 is 36.9. The van der Waals surface area contributed by atoms with Crippen molar-refractivity contribution in [1.82, 2.24) is 15.2 Å². The topological polar surface area (TPSA) is 91.0 Å². The molecule has 0 atom stereocenters. The molecule has 0 amide bonds. The average Bonchev–Trinajstić information content (AvgIpc) is 3.05. The lowest BCUT2D eigenvalue weighted by Crippen LogP contribution is -2.36. The zero-order valence-corrected chi connectivity index (χ0v) is 18.0. The van der Waals surface area contributed by atoms with E-state index in [1.54, 1.807) is 12.1 Å². The lowest BCUT2D eigenvalue weighted by atomic mass is 9.88. The quantitative estimate of drug-likeness (QED) is 0.741. The fraction of sp³-hybridized carbons (Fsp3) is 0.318. The summed E-state index contributed by atoms with van der Waals surface area (Å²) in [6.45, 7) is 2.56. The highest BCUT2D eigenvalue weighted by Gasteiger charge is 2.30. The minimum Gasteiger partial charge on any atom is -0.375 e. The van der Waals surface area contributed by atoms with E-state index in [-0.39, 0.29) is 11.6 Å². The van der Waals surface area contributed by atoms with Crippen molar-refractivity contribution >= 4 is 27.4 Å². The summed E-state index contributed by atoms with van der Waals surface area (Å²) in [5, 5.41) is 9.75. The van der Waals surface area contributed by atoms with E-state index in [9.17, 15) is 12.8 Å². The lowest BCUT2D eigenvalue weighted by Gasteiger charge is -2.32. The van der Waals surface area contributed by atoms with Crippen LogP contribution >= 0.6 is 0 Å². The monoisotopic (exact) mass is 441 g/mol. The first-order chi connectivity index (χ1) is 14.8. The second-order valence-corrected chi connectivity index (χ2v) is 10.1. The van der Waals surface area contributed by atoms with Crippen molar-refractivity contribution in [3.05, 3.63) is 69.8 Å². The minimum atomic E-state index is -3.47. The van der Waals surface area contributed by atoms with Gasteiger partial charge in [-0.15, -0.1) is 0 Å². The van der Waals surface area contributed by atoms with Crippen molar-refractivity contribution in [3.8, 4) is 0 Å². The van der Waals surface area contributed by atoms with E-state index in [0.29, 0.717) is 19.6 Å². The molecule has 7 nitrogen and oxygen atoms in total. The lowest BCUT2D eigenvalue weighted by molar-refractivity contribution is 0.310. The van der Waals surface area contributed by atoms with Gasteiger partial charge in [0.1, 0.15) is 5.82 Å². The number of likely N-dealkylation sites (N-methyl/N-ethyl adjacent to an activating group) is 1. The highest BCUT2D eigenvalue weighted by Crippen LogP contribution is 2.39. The van der Waals surface area contributed by atoms with Crippen molar-refractivity contribution < 1.29 is 12.8 Å². The van der Waals surface area contributed by atoms with Gasteiger partial charge < -0.3 is 4.90 Å². The maximum atomic E-state index is 14.4. The molecule has 31 heavy (non-hydrogen) atoms. The third-order valence-corrected chi connectivity index (χ3v) is 6.84. The van der Waals surface area contributed by atoms with Gasteiger partial charge in [-0.3, -0.25) is 10.3 Å². The highest BCUT2D eigenvalue weighted by molar-refractivity contribution is 7.89. The fourth-order valence-corrected chi connectivity index (χ4v) is 5.09. The Hall–Kier alpha value is -2.75. The average molecular weight is 442 g/mol. The minimum absolute atomic E-state index is 0.0447. The maximum Gasteiger partial charge on any atom is 0.210 e. The van der Waals surface area contributed by atoms with Crippen LogP contribution in [0.1, 0.15) is 23.1 Å². The summed E-state index contributed by atoms with van der Waals surface area (Å²) in [5.41, 5.74) is 10.9. The highest BCUT2D eigenvalue weighted by atomic mass is 32.2. The Labute approximate surface area is 181 Å². The molecule has 0 fully saturated rings. The van der Waals surface area contributed by atoms with E-state index < -0.39 is 10.0 Å². The molecule has 5 rings (SSSR count). The molecule has 4 aliphatic rings. The molecule has 9 heteroatoms. The second-order valence-electron chi connectivity index (χ2n) is 8.32. The van der Waals surface area contributed by atoms with Crippen molar-refractivity contribution in [1.29, 1.82) is 0 Å². The van der Waals surface area contributed by atoms with Crippen LogP contribution in [0.15, 0.2) is 52.4 Å². The predicted octanol–water partition coefficient (Wildman–Crippen LogP) is 1.62. The van der Waals surface area contributed by atoms with E-state index in [0.717, 1.165) is 52.2 Å². The van der Waals surface area contributed by atoms with E-state index in [1.165, 1.54) is 5.57 Å². The number of sulfonamides is 1. The van der Waals surface area contributed by atoms with Gasteiger partial charge in [0.25, 0.3) is 0 Å². The van der Waals surface area contributed by atoms with Crippen LogP contribution in [0.4, 0.5) is 4.39 Å². The van der Waals surface area contributed by atoms with Crippen LogP contribution in [0.5, 0.6) is 0 Å². The van der Waals surface area contributed by atoms with Crippen LogP contribution in [-0.2, 0) is 10.0 Å². The summed E-state index contributed by atoms with van der Waals surface area (Å²) in [5.74, 6) is -0.310. The maximum absolute atomic E-state index is 14.4. The number of fused-ring (bicyclic) bond motifs is 2. The van der Waals surface area contributed by atoms with Crippen LogP contribution in [0.25, 0.3) is 11.6 Å². The van der Waals surface area contributed by atoms with Gasteiger partial charge in [-0.1, -0.05) is 12.2 Å². The van der Waals surface area contributed by atoms with Crippen LogP contribution in [0.3, 0.4) is 0 Å². The first kappa shape index (κ1) is 20.2. The van der Waals surface area contributed by atoms with E-state index in [4.69, 9.17) is 5.14 Å². The van der Waals surface area contributed by atoms with E-state index in [1.807, 2.05) is 25.4 Å². The van der Waals surface area contributed by atoms with Gasteiger partial charge in [-0.25, -0.2) is 17.9 Å². The van der Waals surface area contributed by atoms with Gasteiger partial charge in [0.15, 0.2) is 0 Å². The fourth-order valence-electron chi connectivity index (χ4n) is 4.58. The SMILES string of the molecule is CN1C=C2C(=C(C3=CCN(CCS(N)(=O)=O)CC3)C1)NN=C1C=Cc3cc(F)cc2c31. The Bertz CT molecular complexity index is 1230. The second kappa shape index (κ2) is 7.44. The predicted molar refractivity (Wildman–Crippen MR) is 120 cm³/mol. The number of hydrogen-bond donors (Lipinski definition) is 2. The van der Waals surface area contributed by atoms with Gasteiger partial charge >= 0.3 is 0 Å². The molecule has 1 aliphatic carbocycles. The summed E-state index contributed by atoms with van der Waals surface area (Å²) in [6.07, 6.45) is 8.78. The first-order valence-electron chi connectivity index (χ1n) is 10.2. The van der Waals surface area contributed by atoms with Gasteiger partial charge in [0, 0.05) is 56.1 Å². The summed E-state index contributed by atoms with van der Waals surface area (Å²) >= 11 is 0. The molecule has 0 bridgehead atoms. The van der Waals surface area contributed by atoms with Crippen molar-refractivity contribution in [2.24, 2.45) is 10.2 Å². The van der Waals surface area contributed by atoms with Crippen LogP contribution in [0.2, 0.25) is 0 Å². The molecule has 162 valence electrons. The Kier molecular flexibility index (Phi) is 4.84. The molecular weight excluding hydrogens is 417 g/mol. The molecule has 0 aromatic heterocycles. The third-order valence-electron chi connectivity index (χ3n) is 6.09. The number of benzene rings is 1. The van der Waals surface area contributed by atoms with Crippen molar-refractivity contribution in [3.63, 3.8) is 0 Å². The number of nitrogens with two attached hydrogens (primary N) is 1. The molecule has 0 saturated heterocycles. The van der Waals surface area contributed by atoms with E-state index >= 15 is 0 Å². The molecule has 3 heterocycles. The number of primary sulfonamides is 1. The van der Waals surface area contributed by atoms with Crippen molar-refractivity contribution in [2.75, 3.05) is 39.0 Å². The number of hydrazone groups is 1. The van der Waals surface area contributed by atoms with E-state index in [2.05, 4.69) is 26.4 Å². The molecular formula is C22H24FN5O2S. The van der Waals surface area contributed by atoms with Gasteiger partial charge in [-0.2, -0.15) is 5.10 Å². The zero-order chi connectivity index (χ0) is 21.8. The Balaban J connectivity index is 1.51. The number of rotatable bonds is 4. The van der Waals surface area contributed by atoms with Gasteiger partial charge in [0.2, 0.25) is 10.0 Å². The first-order valence-corrected chi connectivity index (χ1v) is 11.9. The van der Waals surface area contributed by atoms with Crippen molar-refractivity contribution in [2.45, 2.75) is 6.42 Å². The molecule has 0 saturated carbocycles. The Morgan fingerprint density at radius 3 is 2.87 bits per heavy atom. The Morgan fingerprint density at radius 1 is 1.29 bits per heavy atom. The van der Waals surface area contributed by atoms with Gasteiger partial charge in [0.05, 0.1) is 17.2 Å². The third kappa shape index (κ3) is 3.84. The molecule has 3 aliphatic heterocycles. The largest absolute Gasteiger partial charge is 0.375 e. The number of halogens is 1. The summed E-state index contributed by atoms with van der Waals surface area (Å²) in [7, 11) is -1.46. The Morgan fingerprint density at radius 2 is 2.13 bits per heavy atom. The number of nitrogens with one attached hydrogen (secondary N) is 1. The molecule has 3 N–H and O–H groups in total. The normalized spacial score (nSPS) is 20.5. The smallest absolute Gasteiger partial charge is 0.210 e. The summed E-state index contributed by atoms with van der Waals surface area (Å²) in [4.78, 5) is 4.19. The van der Waals surface area contributed by atoms with Crippen LogP contribution in [-0.4, -0.2) is 62.9 Å². The van der Waals surface area contributed by atoms with Crippen LogP contribution in [0, 0.1) is 5.82 Å². The van der Waals surface area contributed by atoms with Crippen LogP contribution < -0.4 is 10.6 Å². The zero-order valence-electron chi connectivity index (χ0n) is 17.2. The molecule has 0 unspecified atom stereocenters. The molecule has 1 aromatic rings. The summed E-state index contributed by atoms with van der Waals surface area (Å²) in [6, 6.07) is 3.13. The number of hydrogen-bond acceptors (Lipinski definition) is 6. The number of nitrogens with zero attached hydrogens (tertiary/aromatic N) is 3. The van der Waals surface area contributed by atoms with Gasteiger partial charge in [-0.05, 0) is 41.3 Å². The number of allylic oxidation sites excluding steroid dienone is 2. The molecule has 0 spiro atoms. The molecule has 1 aromatic carbocycles. The molecule has 0 radical (unpaired) electrons. The standard InChI is InChI=1S/C22H24FN5O2S/c1-27-12-18(14-4-6-28(7-5-14)8-9-31(24,29)30)22-19(13-27)17-11-16(23)10-15-2-3-20(21(15)17)25-26-22/h2-4,10-11,13,26H,5-9,12H2,1H3,(H2,24,29,30).